The number of tetrazole rings is 1. The van der Waals surface area contributed by atoms with Crippen LogP contribution < -0.4 is 10.2 Å². The molecule has 10 heteroatoms. The van der Waals surface area contributed by atoms with Crippen molar-refractivity contribution >= 4 is 23.4 Å². The van der Waals surface area contributed by atoms with Crippen molar-refractivity contribution in [3.63, 3.8) is 0 Å². The molecule has 1 aromatic heterocycles. The van der Waals surface area contributed by atoms with Crippen LogP contribution >= 0.6 is 11.6 Å². The molecular weight excluding hydrogens is 420 g/mol. The van der Waals surface area contributed by atoms with E-state index >= 15 is 0 Å². The van der Waals surface area contributed by atoms with Gasteiger partial charge in [-0.2, -0.15) is 0 Å². The van der Waals surface area contributed by atoms with Gasteiger partial charge in [0.2, 0.25) is 5.82 Å². The quantitative estimate of drug-likeness (QED) is 0.575. The van der Waals surface area contributed by atoms with Crippen LogP contribution in [0.25, 0.3) is 0 Å². The smallest absolute Gasteiger partial charge is 0.411 e. The summed E-state index contributed by atoms with van der Waals surface area (Å²) in [6.45, 7) is 3.63. The Morgan fingerprint density at radius 1 is 1.16 bits per heavy atom. The molecule has 1 aliphatic rings. The third-order valence-electron chi connectivity index (χ3n) is 5.12. The number of benzene rings is 2. The number of carbonyl (C=O) groups is 1. The molecule has 2 heterocycles. The average molecular weight is 444 g/mol. The lowest BCUT2D eigenvalue weighted by Gasteiger charge is -2.30. The van der Waals surface area contributed by atoms with E-state index < -0.39 is 6.09 Å². The molecule has 4 rings (SSSR count). The van der Waals surface area contributed by atoms with Crippen molar-refractivity contribution in [1.82, 2.24) is 20.2 Å². The van der Waals surface area contributed by atoms with E-state index in [9.17, 15) is 4.79 Å². The monoisotopic (exact) mass is 443 g/mol. The van der Waals surface area contributed by atoms with Crippen LogP contribution in [0.4, 0.5) is 10.5 Å². The van der Waals surface area contributed by atoms with E-state index in [2.05, 4.69) is 33.0 Å². The minimum atomic E-state index is -0.546. The minimum absolute atomic E-state index is 0.0250. The molecule has 1 saturated heterocycles. The highest BCUT2D eigenvalue weighted by Gasteiger charge is 2.32. The summed E-state index contributed by atoms with van der Waals surface area (Å²) < 4.78 is 12.5. The summed E-state index contributed by atoms with van der Waals surface area (Å²) in [6.07, 6.45) is -0.546. The van der Waals surface area contributed by atoms with Gasteiger partial charge in [0.15, 0.2) is 6.04 Å². The molecule has 0 spiro atoms. The fourth-order valence-corrected chi connectivity index (χ4v) is 3.75. The third-order valence-corrected chi connectivity index (χ3v) is 5.37. The summed E-state index contributed by atoms with van der Waals surface area (Å²) >= 11 is 5.86. The predicted octanol–water partition coefficient (Wildman–Crippen LogP) is 1.58. The second-order valence-electron chi connectivity index (χ2n) is 7.14. The molecule has 1 fully saturated rings. The van der Waals surface area contributed by atoms with Gasteiger partial charge < -0.3 is 14.4 Å². The Kier molecular flexibility index (Phi) is 7.08. The Balaban J connectivity index is 1.41. The molecule has 0 bridgehead atoms. The number of carbonyl (C=O) groups excluding carboxylic acids is 1. The summed E-state index contributed by atoms with van der Waals surface area (Å²) in [5.74, 6) is 0.741. The molecule has 9 nitrogen and oxygen atoms in total. The number of halogens is 1. The zero-order chi connectivity index (χ0) is 21.5. The van der Waals surface area contributed by atoms with E-state index in [1.165, 1.54) is 4.90 Å². The molecule has 2 N–H and O–H groups in total. The van der Waals surface area contributed by atoms with Crippen molar-refractivity contribution in [2.75, 3.05) is 38.2 Å². The average Bonchev–Trinajstić information content (AvgIpc) is 3.25. The van der Waals surface area contributed by atoms with E-state index in [4.69, 9.17) is 21.1 Å². The van der Waals surface area contributed by atoms with E-state index in [1.807, 2.05) is 18.2 Å². The van der Waals surface area contributed by atoms with Crippen molar-refractivity contribution in [1.29, 1.82) is 0 Å². The first-order chi connectivity index (χ1) is 15.2. The Morgan fingerprint density at radius 2 is 1.90 bits per heavy atom. The van der Waals surface area contributed by atoms with E-state index in [0.717, 1.165) is 24.5 Å². The standard InChI is InChI=1S/C21H23ClN6O3/c22-17-6-8-18(9-7-17)23-21(29)31-15-12-28-20(24-25-26-28)19(16-4-2-1-3-5-16)27-10-13-30-14-11-27/h1-9,19H,10-15H2,(H,23,29)/p+1. The number of amides is 1. The molecule has 1 atom stereocenters. The summed E-state index contributed by atoms with van der Waals surface area (Å²) in [4.78, 5) is 13.4. The van der Waals surface area contributed by atoms with Gasteiger partial charge in [-0.15, -0.1) is 5.10 Å². The molecule has 162 valence electrons. The highest BCUT2D eigenvalue weighted by Crippen LogP contribution is 2.17. The second kappa shape index (κ2) is 10.3. The number of hydrogen-bond acceptors (Lipinski definition) is 6. The predicted molar refractivity (Wildman–Crippen MR) is 114 cm³/mol. The van der Waals surface area contributed by atoms with Crippen molar-refractivity contribution in [3.8, 4) is 0 Å². The number of ether oxygens (including phenoxy) is 2. The fraction of sp³-hybridized carbons (Fsp3) is 0.333. The summed E-state index contributed by atoms with van der Waals surface area (Å²) in [5, 5.41) is 15.6. The van der Waals surface area contributed by atoms with Gasteiger partial charge in [0, 0.05) is 16.3 Å². The number of rotatable bonds is 7. The molecule has 2 aromatic carbocycles. The van der Waals surface area contributed by atoms with Gasteiger partial charge in [-0.1, -0.05) is 41.9 Å². The van der Waals surface area contributed by atoms with Crippen molar-refractivity contribution in [2.45, 2.75) is 12.6 Å². The first-order valence-electron chi connectivity index (χ1n) is 10.1. The zero-order valence-electron chi connectivity index (χ0n) is 16.9. The molecule has 3 aromatic rings. The van der Waals surface area contributed by atoms with E-state index in [1.54, 1.807) is 28.9 Å². The maximum absolute atomic E-state index is 12.1. The second-order valence-corrected chi connectivity index (χ2v) is 7.58. The fourth-order valence-electron chi connectivity index (χ4n) is 3.62. The van der Waals surface area contributed by atoms with Gasteiger partial charge in [-0.05, 0) is 34.7 Å². The lowest BCUT2D eigenvalue weighted by Crippen LogP contribution is -3.14. The van der Waals surface area contributed by atoms with Crippen LogP contribution in [-0.4, -0.2) is 59.2 Å². The molecular formula is C21H24ClN6O3+. The van der Waals surface area contributed by atoms with Crippen LogP contribution in [0.1, 0.15) is 17.4 Å². The van der Waals surface area contributed by atoms with Crippen LogP contribution in [0.2, 0.25) is 5.02 Å². The van der Waals surface area contributed by atoms with Gasteiger partial charge in [-0.25, -0.2) is 9.48 Å². The highest BCUT2D eigenvalue weighted by atomic mass is 35.5. The Hall–Kier alpha value is -3.01. The van der Waals surface area contributed by atoms with Crippen LogP contribution in [0.3, 0.4) is 0 Å². The lowest BCUT2D eigenvalue weighted by atomic mass is 10.0. The topological polar surface area (TPSA) is 95.6 Å². The van der Waals surface area contributed by atoms with Gasteiger partial charge in [-0.3, -0.25) is 5.32 Å². The first-order valence-corrected chi connectivity index (χ1v) is 10.5. The largest absolute Gasteiger partial charge is 0.447 e. The summed E-state index contributed by atoms with van der Waals surface area (Å²) in [5.41, 5.74) is 1.74. The van der Waals surface area contributed by atoms with Crippen LogP contribution in [0.15, 0.2) is 54.6 Å². The van der Waals surface area contributed by atoms with E-state index in [-0.39, 0.29) is 12.6 Å². The van der Waals surface area contributed by atoms with Crippen LogP contribution in [-0.2, 0) is 16.0 Å². The van der Waals surface area contributed by atoms with Crippen molar-refractivity contribution in [2.24, 2.45) is 0 Å². The van der Waals surface area contributed by atoms with Crippen LogP contribution in [0, 0.1) is 0 Å². The number of anilines is 1. The SMILES string of the molecule is O=C(Nc1ccc(Cl)cc1)OCCn1nnnc1C(c1ccccc1)[NH+]1CCOCC1. The number of aromatic nitrogens is 4. The third kappa shape index (κ3) is 5.57. The number of morpholine rings is 1. The molecule has 31 heavy (non-hydrogen) atoms. The normalized spacial score (nSPS) is 15.4. The minimum Gasteiger partial charge on any atom is -0.447 e. The van der Waals surface area contributed by atoms with Gasteiger partial charge in [0.05, 0.1) is 19.8 Å². The van der Waals surface area contributed by atoms with Crippen molar-refractivity contribution in [3.05, 3.63) is 71.0 Å². The number of nitrogens with one attached hydrogen (secondary N) is 2. The zero-order valence-corrected chi connectivity index (χ0v) is 17.7. The van der Waals surface area contributed by atoms with Gasteiger partial charge in [0.25, 0.3) is 0 Å². The van der Waals surface area contributed by atoms with Gasteiger partial charge >= 0.3 is 6.09 Å². The number of hydrogen-bond donors (Lipinski definition) is 2. The molecule has 1 amide bonds. The lowest BCUT2D eigenvalue weighted by molar-refractivity contribution is -0.933. The Morgan fingerprint density at radius 3 is 2.65 bits per heavy atom. The highest BCUT2D eigenvalue weighted by molar-refractivity contribution is 6.30. The molecule has 0 radical (unpaired) electrons. The van der Waals surface area contributed by atoms with E-state index in [0.29, 0.717) is 30.5 Å². The molecule has 1 unspecified atom stereocenters. The molecule has 1 aliphatic heterocycles. The maximum Gasteiger partial charge on any atom is 0.411 e. The number of quaternary nitrogens is 1. The maximum atomic E-state index is 12.1. The van der Waals surface area contributed by atoms with Gasteiger partial charge in [0.1, 0.15) is 19.7 Å². The summed E-state index contributed by atoms with van der Waals surface area (Å²) in [7, 11) is 0. The number of nitrogens with zero attached hydrogens (tertiary/aromatic N) is 4. The van der Waals surface area contributed by atoms with Crippen LogP contribution in [0.5, 0.6) is 0 Å². The first kappa shape index (κ1) is 21.2. The Labute approximate surface area is 184 Å². The summed E-state index contributed by atoms with van der Waals surface area (Å²) in [6, 6.07) is 17.0. The van der Waals surface area contributed by atoms with Crippen molar-refractivity contribution < 1.29 is 19.2 Å². The molecule has 0 aliphatic carbocycles. The molecule has 0 saturated carbocycles. The Bertz CT molecular complexity index is 976.